The zero-order valence-corrected chi connectivity index (χ0v) is 13.0. The summed E-state index contributed by atoms with van der Waals surface area (Å²) in [5.74, 6) is 0.871. The van der Waals surface area contributed by atoms with Gasteiger partial charge in [-0.1, -0.05) is 25.5 Å². The lowest BCUT2D eigenvalue weighted by atomic mass is 10.2. The summed E-state index contributed by atoms with van der Waals surface area (Å²) in [6, 6.07) is 7.95. The van der Waals surface area contributed by atoms with Crippen LogP contribution in [0.2, 0.25) is 0 Å². The molecule has 1 amide bonds. The van der Waals surface area contributed by atoms with Crippen LogP contribution in [0, 0.1) is 0 Å². The maximum atomic E-state index is 11.5. The Morgan fingerprint density at radius 3 is 2.62 bits per heavy atom. The molecule has 0 aliphatic heterocycles. The Labute approximate surface area is 127 Å². The molecule has 0 aromatic heterocycles. The molecule has 21 heavy (non-hydrogen) atoms. The van der Waals surface area contributed by atoms with Gasteiger partial charge >= 0.3 is 0 Å². The van der Waals surface area contributed by atoms with E-state index in [4.69, 9.17) is 9.47 Å². The lowest BCUT2D eigenvalue weighted by Crippen LogP contribution is -2.35. The predicted molar refractivity (Wildman–Crippen MR) is 83.4 cm³/mol. The third-order valence-corrected chi connectivity index (χ3v) is 2.93. The highest BCUT2D eigenvalue weighted by Gasteiger charge is 2.00. The Morgan fingerprint density at radius 1 is 1.19 bits per heavy atom. The van der Waals surface area contributed by atoms with E-state index >= 15 is 0 Å². The first kappa shape index (κ1) is 17.5. The minimum absolute atomic E-state index is 0.0217. The Bertz CT molecular complexity index is 393. The Hall–Kier alpha value is -1.59. The van der Waals surface area contributed by atoms with Gasteiger partial charge in [-0.2, -0.15) is 0 Å². The van der Waals surface area contributed by atoms with Gasteiger partial charge in [0.25, 0.3) is 0 Å². The van der Waals surface area contributed by atoms with Crippen LogP contribution in [0.3, 0.4) is 0 Å². The lowest BCUT2D eigenvalue weighted by molar-refractivity contribution is -0.120. The maximum Gasteiger partial charge on any atom is 0.234 e. The van der Waals surface area contributed by atoms with E-state index in [9.17, 15) is 4.79 Å². The average Bonchev–Trinajstić information content (AvgIpc) is 2.49. The van der Waals surface area contributed by atoms with Gasteiger partial charge in [0, 0.05) is 20.2 Å². The second-order valence-corrected chi connectivity index (χ2v) is 4.79. The van der Waals surface area contributed by atoms with Crippen LogP contribution in [-0.4, -0.2) is 39.3 Å². The molecule has 1 aromatic carbocycles. The highest BCUT2D eigenvalue weighted by molar-refractivity contribution is 5.77. The highest BCUT2D eigenvalue weighted by Crippen LogP contribution is 2.12. The molecule has 0 aliphatic carbocycles. The lowest BCUT2D eigenvalue weighted by Gasteiger charge is -2.08. The number of carbonyl (C=O) groups is 1. The standard InChI is InChI=1S/C16H26N2O3/c1-3-4-10-21-15-7-5-14(6-8-15)12-17-13-16(19)18-9-11-20-2/h5-8,17H,3-4,9-13H2,1-2H3,(H,18,19). The molecule has 5 heteroatoms. The molecule has 0 aliphatic rings. The number of nitrogens with one attached hydrogen (secondary N) is 2. The summed E-state index contributed by atoms with van der Waals surface area (Å²) >= 11 is 0. The molecule has 0 atom stereocenters. The van der Waals surface area contributed by atoms with Gasteiger partial charge in [0.2, 0.25) is 5.91 Å². The third kappa shape index (κ3) is 8.32. The number of methoxy groups -OCH3 is 1. The van der Waals surface area contributed by atoms with Gasteiger partial charge < -0.3 is 20.1 Å². The summed E-state index contributed by atoms with van der Waals surface area (Å²) in [6.45, 7) is 4.94. The summed E-state index contributed by atoms with van der Waals surface area (Å²) < 4.78 is 10.5. The molecule has 0 radical (unpaired) electrons. The number of ether oxygens (including phenoxy) is 2. The van der Waals surface area contributed by atoms with Crippen molar-refractivity contribution in [2.45, 2.75) is 26.3 Å². The average molecular weight is 294 g/mol. The van der Waals surface area contributed by atoms with Crippen molar-refractivity contribution in [3.05, 3.63) is 29.8 Å². The maximum absolute atomic E-state index is 11.5. The van der Waals surface area contributed by atoms with Crippen LogP contribution in [-0.2, 0) is 16.1 Å². The Morgan fingerprint density at radius 2 is 1.95 bits per heavy atom. The molecule has 1 aromatic rings. The van der Waals surface area contributed by atoms with Crippen LogP contribution in [0.4, 0.5) is 0 Å². The van der Waals surface area contributed by atoms with Crippen molar-refractivity contribution in [3.8, 4) is 5.75 Å². The Kier molecular flexibility index (Phi) is 9.24. The van der Waals surface area contributed by atoms with Crippen LogP contribution in [0.25, 0.3) is 0 Å². The normalized spacial score (nSPS) is 10.4. The zero-order valence-electron chi connectivity index (χ0n) is 13.0. The molecule has 2 N–H and O–H groups in total. The molecular formula is C16H26N2O3. The van der Waals surface area contributed by atoms with E-state index in [0.717, 1.165) is 30.8 Å². The SMILES string of the molecule is CCCCOc1ccc(CNCC(=O)NCCOC)cc1. The number of unbranched alkanes of at least 4 members (excludes halogenated alkanes) is 1. The number of hydrogen-bond acceptors (Lipinski definition) is 4. The number of amides is 1. The molecule has 0 saturated carbocycles. The summed E-state index contributed by atoms with van der Waals surface area (Å²) in [5, 5.41) is 5.87. The predicted octanol–water partition coefficient (Wildman–Crippen LogP) is 1.72. The fraction of sp³-hybridized carbons (Fsp3) is 0.562. The minimum atomic E-state index is -0.0217. The monoisotopic (exact) mass is 294 g/mol. The van der Waals surface area contributed by atoms with Crippen LogP contribution in [0.15, 0.2) is 24.3 Å². The van der Waals surface area contributed by atoms with E-state index in [2.05, 4.69) is 17.6 Å². The molecule has 0 spiro atoms. The van der Waals surface area contributed by atoms with E-state index in [1.165, 1.54) is 0 Å². The molecule has 5 nitrogen and oxygen atoms in total. The summed E-state index contributed by atoms with van der Waals surface area (Å²) in [7, 11) is 1.61. The molecule has 118 valence electrons. The summed E-state index contributed by atoms with van der Waals surface area (Å²) in [5.41, 5.74) is 1.13. The first-order valence-corrected chi connectivity index (χ1v) is 7.44. The fourth-order valence-corrected chi connectivity index (χ4v) is 1.71. The largest absolute Gasteiger partial charge is 0.494 e. The van der Waals surface area contributed by atoms with Crippen molar-refractivity contribution >= 4 is 5.91 Å². The fourth-order valence-electron chi connectivity index (χ4n) is 1.71. The number of rotatable bonds is 11. The molecule has 0 saturated heterocycles. The van der Waals surface area contributed by atoms with Gasteiger partial charge in [0.1, 0.15) is 5.75 Å². The third-order valence-electron chi connectivity index (χ3n) is 2.93. The van der Waals surface area contributed by atoms with Crippen molar-refractivity contribution in [1.29, 1.82) is 0 Å². The highest BCUT2D eigenvalue weighted by atomic mass is 16.5. The quantitative estimate of drug-likeness (QED) is 0.610. The van der Waals surface area contributed by atoms with Crippen molar-refractivity contribution < 1.29 is 14.3 Å². The van der Waals surface area contributed by atoms with Crippen molar-refractivity contribution in [2.24, 2.45) is 0 Å². The summed E-state index contributed by atoms with van der Waals surface area (Å²) in [4.78, 5) is 11.5. The minimum Gasteiger partial charge on any atom is -0.494 e. The van der Waals surface area contributed by atoms with E-state index in [1.807, 2.05) is 24.3 Å². The van der Waals surface area contributed by atoms with Gasteiger partial charge in [0.05, 0.1) is 19.8 Å². The first-order chi connectivity index (χ1) is 10.3. The molecule has 1 rings (SSSR count). The topological polar surface area (TPSA) is 59.6 Å². The van der Waals surface area contributed by atoms with Gasteiger partial charge in [-0.15, -0.1) is 0 Å². The van der Waals surface area contributed by atoms with Gasteiger partial charge in [-0.3, -0.25) is 4.79 Å². The summed E-state index contributed by atoms with van der Waals surface area (Å²) in [6.07, 6.45) is 2.20. The zero-order chi connectivity index (χ0) is 15.3. The van der Waals surface area contributed by atoms with Gasteiger partial charge in [-0.25, -0.2) is 0 Å². The van der Waals surface area contributed by atoms with Gasteiger partial charge in [0.15, 0.2) is 0 Å². The van der Waals surface area contributed by atoms with Crippen LogP contribution >= 0.6 is 0 Å². The smallest absolute Gasteiger partial charge is 0.234 e. The van der Waals surface area contributed by atoms with E-state index in [0.29, 0.717) is 26.2 Å². The van der Waals surface area contributed by atoms with E-state index in [1.54, 1.807) is 7.11 Å². The molecule has 0 unspecified atom stereocenters. The number of hydrogen-bond donors (Lipinski definition) is 2. The molecule has 0 bridgehead atoms. The molecule has 0 fully saturated rings. The van der Waals surface area contributed by atoms with Crippen molar-refractivity contribution in [3.63, 3.8) is 0 Å². The van der Waals surface area contributed by atoms with Crippen LogP contribution < -0.4 is 15.4 Å². The second-order valence-electron chi connectivity index (χ2n) is 4.79. The molecule has 0 heterocycles. The van der Waals surface area contributed by atoms with Crippen LogP contribution in [0.1, 0.15) is 25.3 Å². The van der Waals surface area contributed by atoms with Crippen LogP contribution in [0.5, 0.6) is 5.75 Å². The number of carbonyl (C=O) groups excluding carboxylic acids is 1. The van der Waals surface area contributed by atoms with Crippen molar-refractivity contribution in [1.82, 2.24) is 10.6 Å². The van der Waals surface area contributed by atoms with Gasteiger partial charge in [-0.05, 0) is 24.1 Å². The Balaban J connectivity index is 2.18. The first-order valence-electron chi connectivity index (χ1n) is 7.44. The molecular weight excluding hydrogens is 268 g/mol. The van der Waals surface area contributed by atoms with Crippen molar-refractivity contribution in [2.75, 3.05) is 33.4 Å². The number of benzene rings is 1. The second kappa shape index (κ2) is 11.1. The van der Waals surface area contributed by atoms with E-state index < -0.39 is 0 Å². The van der Waals surface area contributed by atoms with E-state index in [-0.39, 0.29) is 5.91 Å².